The molecule has 2 heteroatoms. The van der Waals surface area contributed by atoms with Gasteiger partial charge in [-0.3, -0.25) is 0 Å². The van der Waals surface area contributed by atoms with Gasteiger partial charge in [-0.15, -0.1) is 0 Å². The van der Waals surface area contributed by atoms with Crippen LogP contribution in [0, 0.1) is 0 Å². The van der Waals surface area contributed by atoms with Crippen LogP contribution in [0.5, 0.6) is 11.5 Å². The first-order valence-electron chi connectivity index (χ1n) is 5.31. The minimum Gasteiger partial charge on any atom is -0.456 e. The van der Waals surface area contributed by atoms with Crippen LogP contribution in [0.15, 0.2) is 42.5 Å². The molecule has 0 saturated heterocycles. The SMILES string of the molecule is ICc1cccc2c1Oc1ccccc1C2. The summed E-state index contributed by atoms with van der Waals surface area (Å²) in [4.78, 5) is 0. The van der Waals surface area contributed by atoms with Gasteiger partial charge in [-0.25, -0.2) is 0 Å². The predicted octanol–water partition coefficient (Wildman–Crippen LogP) is 4.32. The number of ether oxygens (including phenoxy) is 1. The Kier molecular flexibility index (Phi) is 2.59. The molecule has 80 valence electrons. The Morgan fingerprint density at radius 1 is 1.00 bits per heavy atom. The number of benzene rings is 2. The molecule has 16 heavy (non-hydrogen) atoms. The number of fused-ring (bicyclic) bond motifs is 2. The number of halogens is 1. The van der Waals surface area contributed by atoms with E-state index in [2.05, 4.69) is 52.9 Å². The Bertz CT molecular complexity index is 534. The third-order valence-electron chi connectivity index (χ3n) is 2.89. The molecular weight excluding hydrogens is 311 g/mol. The molecule has 0 aliphatic carbocycles. The van der Waals surface area contributed by atoms with Crippen LogP contribution < -0.4 is 4.74 Å². The van der Waals surface area contributed by atoms with Crippen LogP contribution in [0.4, 0.5) is 0 Å². The van der Waals surface area contributed by atoms with Crippen LogP contribution in [0.2, 0.25) is 0 Å². The molecule has 0 atom stereocenters. The first-order valence-corrected chi connectivity index (χ1v) is 6.83. The first kappa shape index (κ1) is 10.1. The van der Waals surface area contributed by atoms with Crippen molar-refractivity contribution < 1.29 is 4.74 Å². The smallest absolute Gasteiger partial charge is 0.134 e. The molecule has 0 N–H and O–H groups in total. The average Bonchev–Trinajstić information content (AvgIpc) is 2.35. The Morgan fingerprint density at radius 2 is 1.81 bits per heavy atom. The van der Waals surface area contributed by atoms with Gasteiger partial charge in [0.05, 0.1) is 0 Å². The summed E-state index contributed by atoms with van der Waals surface area (Å²) in [6, 6.07) is 14.7. The molecule has 1 aliphatic rings. The van der Waals surface area contributed by atoms with Gasteiger partial charge >= 0.3 is 0 Å². The lowest BCUT2D eigenvalue weighted by molar-refractivity contribution is 0.456. The van der Waals surface area contributed by atoms with Crippen molar-refractivity contribution in [3.63, 3.8) is 0 Å². The summed E-state index contributed by atoms with van der Waals surface area (Å²) in [6.45, 7) is 0. The van der Waals surface area contributed by atoms with Crippen molar-refractivity contribution in [2.75, 3.05) is 0 Å². The zero-order chi connectivity index (χ0) is 11.0. The van der Waals surface area contributed by atoms with Crippen LogP contribution >= 0.6 is 22.6 Å². The van der Waals surface area contributed by atoms with E-state index in [-0.39, 0.29) is 0 Å². The second-order valence-electron chi connectivity index (χ2n) is 3.93. The second-order valence-corrected chi connectivity index (χ2v) is 4.69. The fourth-order valence-electron chi connectivity index (χ4n) is 2.08. The van der Waals surface area contributed by atoms with Crippen molar-refractivity contribution in [3.05, 3.63) is 59.2 Å². The van der Waals surface area contributed by atoms with Crippen LogP contribution in [0.25, 0.3) is 0 Å². The average molecular weight is 322 g/mol. The van der Waals surface area contributed by atoms with Crippen LogP contribution in [0.1, 0.15) is 16.7 Å². The Hall–Kier alpha value is -1.03. The number of alkyl halides is 1. The molecule has 0 bridgehead atoms. The molecule has 1 aliphatic heterocycles. The molecule has 0 unspecified atom stereocenters. The highest BCUT2D eigenvalue weighted by atomic mass is 127. The van der Waals surface area contributed by atoms with Gasteiger partial charge in [0.25, 0.3) is 0 Å². The van der Waals surface area contributed by atoms with Crippen LogP contribution in [-0.4, -0.2) is 0 Å². The standard InChI is InChI=1S/C14H11IO/c15-9-12-6-3-5-11-8-10-4-1-2-7-13(10)16-14(11)12/h1-7H,8-9H2. The third kappa shape index (κ3) is 1.61. The van der Waals surface area contributed by atoms with Crippen molar-refractivity contribution >= 4 is 22.6 Å². The maximum atomic E-state index is 5.99. The molecule has 1 nitrogen and oxygen atoms in total. The fourth-order valence-corrected chi connectivity index (χ4v) is 2.68. The molecule has 3 rings (SSSR count). The molecule has 0 amide bonds. The monoisotopic (exact) mass is 322 g/mol. The maximum absolute atomic E-state index is 5.99. The molecule has 0 fully saturated rings. The zero-order valence-corrected chi connectivity index (χ0v) is 10.9. The zero-order valence-electron chi connectivity index (χ0n) is 8.74. The van der Waals surface area contributed by atoms with E-state index in [1.807, 2.05) is 12.1 Å². The van der Waals surface area contributed by atoms with Gasteiger partial charge in [0, 0.05) is 16.4 Å². The normalized spacial score (nSPS) is 12.6. The summed E-state index contributed by atoms with van der Waals surface area (Å²) < 4.78 is 6.98. The summed E-state index contributed by atoms with van der Waals surface area (Å²) in [6.07, 6.45) is 0.982. The highest BCUT2D eigenvalue weighted by Crippen LogP contribution is 2.39. The van der Waals surface area contributed by atoms with Gasteiger partial charge in [-0.2, -0.15) is 0 Å². The topological polar surface area (TPSA) is 9.23 Å². The number of hydrogen-bond acceptors (Lipinski definition) is 1. The van der Waals surface area contributed by atoms with E-state index in [9.17, 15) is 0 Å². The molecule has 0 spiro atoms. The maximum Gasteiger partial charge on any atom is 0.134 e. The van der Waals surface area contributed by atoms with Crippen molar-refractivity contribution in [1.29, 1.82) is 0 Å². The van der Waals surface area contributed by atoms with Gasteiger partial charge in [0.1, 0.15) is 11.5 Å². The Labute approximate surface area is 109 Å². The summed E-state index contributed by atoms with van der Waals surface area (Å²) in [5, 5.41) is 0. The third-order valence-corrected chi connectivity index (χ3v) is 3.71. The molecular formula is C14H11IO. The van der Waals surface area contributed by atoms with E-state index in [0.717, 1.165) is 22.3 Å². The Balaban J connectivity index is 2.12. The number of hydrogen-bond donors (Lipinski definition) is 0. The van der Waals surface area contributed by atoms with E-state index < -0.39 is 0 Å². The number of para-hydroxylation sites is 2. The van der Waals surface area contributed by atoms with Crippen molar-refractivity contribution in [3.8, 4) is 11.5 Å². The lowest BCUT2D eigenvalue weighted by Gasteiger charge is -2.21. The van der Waals surface area contributed by atoms with Gasteiger partial charge in [-0.1, -0.05) is 59.0 Å². The summed E-state index contributed by atoms with van der Waals surface area (Å²) in [5.74, 6) is 2.07. The van der Waals surface area contributed by atoms with Gasteiger partial charge in [-0.05, 0) is 17.2 Å². The van der Waals surface area contributed by atoms with Gasteiger partial charge < -0.3 is 4.74 Å². The minimum absolute atomic E-state index is 0.982. The molecule has 0 radical (unpaired) electrons. The molecule has 1 heterocycles. The van der Waals surface area contributed by atoms with Crippen molar-refractivity contribution in [2.45, 2.75) is 10.8 Å². The first-order chi connectivity index (χ1) is 7.88. The minimum atomic E-state index is 0.982. The fraction of sp³-hybridized carbons (Fsp3) is 0.143. The summed E-state index contributed by atoms with van der Waals surface area (Å²) in [7, 11) is 0. The molecule has 2 aromatic rings. The lowest BCUT2D eigenvalue weighted by atomic mass is 9.98. The lowest BCUT2D eigenvalue weighted by Crippen LogP contribution is -2.04. The van der Waals surface area contributed by atoms with E-state index in [1.54, 1.807) is 0 Å². The molecule has 2 aromatic carbocycles. The highest BCUT2D eigenvalue weighted by Gasteiger charge is 2.18. The quantitative estimate of drug-likeness (QED) is 0.479. The molecule has 0 saturated carbocycles. The van der Waals surface area contributed by atoms with E-state index >= 15 is 0 Å². The second kappa shape index (κ2) is 4.09. The van der Waals surface area contributed by atoms with Crippen LogP contribution in [-0.2, 0) is 10.8 Å². The predicted molar refractivity (Wildman–Crippen MR) is 73.5 cm³/mol. The molecule has 0 aromatic heterocycles. The highest BCUT2D eigenvalue weighted by molar-refractivity contribution is 14.1. The van der Waals surface area contributed by atoms with Crippen molar-refractivity contribution in [2.24, 2.45) is 0 Å². The largest absolute Gasteiger partial charge is 0.456 e. The van der Waals surface area contributed by atoms with E-state index in [0.29, 0.717) is 0 Å². The summed E-state index contributed by atoms with van der Waals surface area (Å²) in [5.41, 5.74) is 3.86. The van der Waals surface area contributed by atoms with E-state index in [1.165, 1.54) is 16.7 Å². The summed E-state index contributed by atoms with van der Waals surface area (Å²) >= 11 is 2.38. The van der Waals surface area contributed by atoms with Gasteiger partial charge in [0.15, 0.2) is 0 Å². The van der Waals surface area contributed by atoms with E-state index in [4.69, 9.17) is 4.74 Å². The van der Waals surface area contributed by atoms with Gasteiger partial charge in [0.2, 0.25) is 0 Å². The Morgan fingerprint density at radius 3 is 2.69 bits per heavy atom. The number of rotatable bonds is 1. The van der Waals surface area contributed by atoms with Crippen LogP contribution in [0.3, 0.4) is 0 Å². The van der Waals surface area contributed by atoms with Crippen molar-refractivity contribution in [1.82, 2.24) is 0 Å².